The lowest BCUT2D eigenvalue weighted by Crippen LogP contribution is -2.42. The third-order valence-electron chi connectivity index (χ3n) is 4.27. The van der Waals surface area contributed by atoms with Crippen molar-refractivity contribution in [3.63, 3.8) is 0 Å². The van der Waals surface area contributed by atoms with Crippen molar-refractivity contribution in [1.29, 1.82) is 0 Å². The largest absolute Gasteiger partial charge is 0.466 e. The number of nitrogens with zero attached hydrogens (tertiary/aromatic N) is 1. The van der Waals surface area contributed by atoms with Gasteiger partial charge in [-0.15, -0.1) is 0 Å². The third kappa shape index (κ3) is 6.80. The fraction of sp³-hybridized carbons (Fsp3) is 0.889. The van der Waals surface area contributed by atoms with Crippen LogP contribution in [0.15, 0.2) is 0 Å². The molecular formula is C18H33NO4. The van der Waals surface area contributed by atoms with Gasteiger partial charge in [0.2, 0.25) is 0 Å². The van der Waals surface area contributed by atoms with Gasteiger partial charge in [-0.2, -0.15) is 0 Å². The van der Waals surface area contributed by atoms with Crippen LogP contribution in [-0.4, -0.2) is 42.3 Å². The molecule has 1 aliphatic heterocycles. The summed E-state index contributed by atoms with van der Waals surface area (Å²) in [6, 6.07) is 0. The van der Waals surface area contributed by atoms with Crippen molar-refractivity contribution in [3.8, 4) is 0 Å². The number of likely N-dealkylation sites (tertiary alicyclic amines) is 1. The molecule has 1 rings (SSSR count). The molecule has 1 fully saturated rings. The molecule has 0 atom stereocenters. The Kier molecular flexibility index (Phi) is 6.90. The van der Waals surface area contributed by atoms with E-state index in [9.17, 15) is 9.59 Å². The van der Waals surface area contributed by atoms with E-state index >= 15 is 0 Å². The van der Waals surface area contributed by atoms with Crippen molar-refractivity contribution in [2.45, 2.75) is 72.8 Å². The zero-order valence-electron chi connectivity index (χ0n) is 15.6. The molecule has 0 aromatic heterocycles. The Balaban J connectivity index is 2.37. The zero-order valence-corrected chi connectivity index (χ0v) is 15.6. The number of esters is 1. The van der Waals surface area contributed by atoms with Crippen LogP contribution >= 0.6 is 0 Å². The number of ether oxygens (including phenoxy) is 2. The van der Waals surface area contributed by atoms with E-state index in [0.29, 0.717) is 12.5 Å². The fourth-order valence-corrected chi connectivity index (χ4v) is 2.72. The Morgan fingerprint density at radius 2 is 1.65 bits per heavy atom. The van der Waals surface area contributed by atoms with Gasteiger partial charge in [0.1, 0.15) is 5.60 Å². The second-order valence-corrected chi connectivity index (χ2v) is 8.05. The highest BCUT2D eigenvalue weighted by molar-refractivity contribution is 5.75. The predicted octanol–water partition coefficient (Wildman–Crippen LogP) is 4.00. The molecule has 0 aromatic carbocycles. The van der Waals surface area contributed by atoms with Crippen molar-refractivity contribution < 1.29 is 19.1 Å². The van der Waals surface area contributed by atoms with E-state index < -0.39 is 11.0 Å². The molecule has 5 heteroatoms. The first-order valence-electron chi connectivity index (χ1n) is 8.70. The lowest BCUT2D eigenvalue weighted by Gasteiger charge is -2.34. The number of rotatable bonds is 5. The van der Waals surface area contributed by atoms with Gasteiger partial charge < -0.3 is 14.4 Å². The van der Waals surface area contributed by atoms with Crippen LogP contribution in [0, 0.1) is 11.3 Å². The van der Waals surface area contributed by atoms with Crippen LogP contribution in [0.4, 0.5) is 4.79 Å². The van der Waals surface area contributed by atoms with E-state index in [0.717, 1.165) is 38.8 Å². The number of hydrogen-bond acceptors (Lipinski definition) is 4. The number of amides is 1. The predicted molar refractivity (Wildman–Crippen MR) is 90.2 cm³/mol. The standard InChI is InChI=1S/C18H33NO4/c1-7-22-15(20)18(5,6)11-8-14-9-12-19(13-10-14)16(21)23-17(2,3)4/h14H,7-13H2,1-6H3. The highest BCUT2D eigenvalue weighted by Crippen LogP contribution is 2.30. The summed E-state index contributed by atoms with van der Waals surface area (Å²) in [6.07, 6.45) is 3.54. The molecule has 1 aliphatic rings. The third-order valence-corrected chi connectivity index (χ3v) is 4.27. The summed E-state index contributed by atoms with van der Waals surface area (Å²) in [5.41, 5.74) is -0.879. The minimum absolute atomic E-state index is 0.119. The van der Waals surface area contributed by atoms with Crippen molar-refractivity contribution in [3.05, 3.63) is 0 Å². The normalized spacial score (nSPS) is 17.0. The van der Waals surface area contributed by atoms with Crippen molar-refractivity contribution in [2.75, 3.05) is 19.7 Å². The minimum Gasteiger partial charge on any atom is -0.466 e. The van der Waals surface area contributed by atoms with E-state index in [1.165, 1.54) is 0 Å². The summed E-state index contributed by atoms with van der Waals surface area (Å²) in [5, 5.41) is 0. The first-order chi connectivity index (χ1) is 10.5. The summed E-state index contributed by atoms with van der Waals surface area (Å²) in [5.74, 6) is 0.438. The van der Waals surface area contributed by atoms with Crippen LogP contribution in [0.5, 0.6) is 0 Å². The molecule has 0 aliphatic carbocycles. The zero-order chi connectivity index (χ0) is 17.7. The average Bonchev–Trinajstić information content (AvgIpc) is 2.44. The Labute approximate surface area is 140 Å². The lowest BCUT2D eigenvalue weighted by molar-refractivity contribution is -0.154. The molecule has 0 aromatic rings. The van der Waals surface area contributed by atoms with E-state index in [1.807, 2.05) is 41.5 Å². The molecule has 0 unspecified atom stereocenters. The average molecular weight is 327 g/mol. The summed E-state index contributed by atoms with van der Waals surface area (Å²) in [4.78, 5) is 25.8. The lowest BCUT2D eigenvalue weighted by atomic mass is 9.82. The molecule has 134 valence electrons. The Morgan fingerprint density at radius 1 is 1.09 bits per heavy atom. The van der Waals surface area contributed by atoms with Crippen LogP contribution in [0.1, 0.15) is 67.2 Å². The quantitative estimate of drug-likeness (QED) is 0.716. The van der Waals surface area contributed by atoms with Gasteiger partial charge in [-0.3, -0.25) is 4.79 Å². The number of hydrogen-bond donors (Lipinski definition) is 0. The van der Waals surface area contributed by atoms with Crippen molar-refractivity contribution in [1.82, 2.24) is 4.90 Å². The topological polar surface area (TPSA) is 55.8 Å². The summed E-state index contributed by atoms with van der Waals surface area (Å²) in [6.45, 7) is 13.3. The number of piperidine rings is 1. The van der Waals surface area contributed by atoms with Gasteiger partial charge in [0.05, 0.1) is 12.0 Å². The van der Waals surface area contributed by atoms with Crippen LogP contribution < -0.4 is 0 Å². The Bertz CT molecular complexity index is 404. The van der Waals surface area contributed by atoms with Gasteiger partial charge in [0.15, 0.2) is 0 Å². The van der Waals surface area contributed by atoms with Gasteiger partial charge in [-0.1, -0.05) is 0 Å². The van der Waals surface area contributed by atoms with Crippen LogP contribution in [0.3, 0.4) is 0 Å². The molecule has 1 amide bonds. The van der Waals surface area contributed by atoms with Crippen LogP contribution in [-0.2, 0) is 14.3 Å². The maximum absolute atomic E-state index is 12.0. The van der Waals surface area contributed by atoms with Crippen molar-refractivity contribution >= 4 is 12.1 Å². The fourth-order valence-electron chi connectivity index (χ4n) is 2.72. The molecule has 0 bridgehead atoms. The first kappa shape index (κ1) is 19.8. The van der Waals surface area contributed by atoms with Gasteiger partial charge in [-0.25, -0.2) is 4.79 Å². The summed E-state index contributed by atoms with van der Waals surface area (Å²) >= 11 is 0. The first-order valence-corrected chi connectivity index (χ1v) is 8.70. The Morgan fingerprint density at radius 3 is 2.13 bits per heavy atom. The maximum Gasteiger partial charge on any atom is 0.410 e. The van der Waals surface area contributed by atoms with Gasteiger partial charge in [0, 0.05) is 13.1 Å². The maximum atomic E-state index is 12.0. The molecule has 0 N–H and O–H groups in total. The smallest absolute Gasteiger partial charge is 0.410 e. The SMILES string of the molecule is CCOC(=O)C(C)(C)CCC1CCN(C(=O)OC(C)(C)C)CC1. The van der Waals surface area contributed by atoms with E-state index in [1.54, 1.807) is 4.90 Å². The number of carbonyl (C=O) groups excluding carboxylic acids is 2. The monoisotopic (exact) mass is 327 g/mol. The number of carbonyl (C=O) groups is 2. The molecule has 5 nitrogen and oxygen atoms in total. The molecular weight excluding hydrogens is 294 g/mol. The molecule has 0 radical (unpaired) electrons. The minimum atomic E-state index is -0.447. The second-order valence-electron chi connectivity index (χ2n) is 8.05. The van der Waals surface area contributed by atoms with Gasteiger partial charge in [-0.05, 0) is 73.1 Å². The Hall–Kier alpha value is -1.26. The van der Waals surface area contributed by atoms with Crippen LogP contribution in [0.2, 0.25) is 0 Å². The van der Waals surface area contributed by atoms with E-state index in [4.69, 9.17) is 9.47 Å². The highest BCUT2D eigenvalue weighted by atomic mass is 16.6. The summed E-state index contributed by atoms with van der Waals surface area (Å²) < 4.78 is 10.5. The molecule has 0 saturated carbocycles. The molecule has 1 heterocycles. The van der Waals surface area contributed by atoms with Gasteiger partial charge in [0.25, 0.3) is 0 Å². The van der Waals surface area contributed by atoms with Crippen LogP contribution in [0.25, 0.3) is 0 Å². The molecule has 0 spiro atoms. The van der Waals surface area contributed by atoms with E-state index in [-0.39, 0.29) is 12.1 Å². The molecule has 23 heavy (non-hydrogen) atoms. The van der Waals surface area contributed by atoms with Crippen molar-refractivity contribution in [2.24, 2.45) is 11.3 Å². The van der Waals surface area contributed by atoms with E-state index in [2.05, 4.69) is 0 Å². The summed E-state index contributed by atoms with van der Waals surface area (Å²) in [7, 11) is 0. The highest BCUT2D eigenvalue weighted by Gasteiger charge is 2.32. The van der Waals surface area contributed by atoms with Gasteiger partial charge >= 0.3 is 12.1 Å². The second kappa shape index (κ2) is 8.02. The molecule has 1 saturated heterocycles.